The lowest BCUT2D eigenvalue weighted by Gasteiger charge is -2.11. The first kappa shape index (κ1) is 22.8. The molecule has 0 amide bonds. The van der Waals surface area contributed by atoms with Crippen molar-refractivity contribution in [2.75, 3.05) is 13.2 Å². The molecule has 0 aliphatic carbocycles. The van der Waals surface area contributed by atoms with E-state index in [1.807, 2.05) is 12.1 Å². The third kappa shape index (κ3) is 9.05. The van der Waals surface area contributed by atoms with E-state index >= 15 is 0 Å². The summed E-state index contributed by atoms with van der Waals surface area (Å²) in [7, 11) is 0. The van der Waals surface area contributed by atoms with Gasteiger partial charge in [-0.05, 0) is 44.2 Å². The smallest absolute Gasteiger partial charge is 0.233 e. The Morgan fingerprint density at radius 1 is 1.03 bits per heavy atom. The van der Waals surface area contributed by atoms with Crippen molar-refractivity contribution in [2.24, 2.45) is 0 Å². The van der Waals surface area contributed by atoms with Crippen molar-refractivity contribution in [3.05, 3.63) is 60.7 Å². The summed E-state index contributed by atoms with van der Waals surface area (Å²) < 4.78 is 11.2. The van der Waals surface area contributed by atoms with Gasteiger partial charge in [0.1, 0.15) is 6.61 Å². The Hall–Kier alpha value is -2.46. The summed E-state index contributed by atoms with van der Waals surface area (Å²) in [5.74, 6) is 0.508. The monoisotopic (exact) mass is 394 g/mol. The fourth-order valence-electron chi connectivity index (χ4n) is 2.92. The van der Waals surface area contributed by atoms with Gasteiger partial charge in [-0.15, -0.1) is 10.2 Å². The summed E-state index contributed by atoms with van der Waals surface area (Å²) in [6.07, 6.45) is 13.5. The van der Waals surface area contributed by atoms with Crippen molar-refractivity contribution in [2.45, 2.75) is 58.5 Å². The summed E-state index contributed by atoms with van der Waals surface area (Å²) in [6.45, 7) is 9.34. The number of rotatable bonds is 14. The highest BCUT2D eigenvalue weighted by Crippen LogP contribution is 2.19. The Morgan fingerprint density at radius 2 is 1.86 bits per heavy atom. The van der Waals surface area contributed by atoms with E-state index in [9.17, 15) is 0 Å². The molecule has 0 N–H and O–H groups in total. The maximum absolute atomic E-state index is 5.84. The molecule has 1 aromatic heterocycles. The van der Waals surface area contributed by atoms with E-state index < -0.39 is 0 Å². The Balaban J connectivity index is 1.72. The van der Waals surface area contributed by atoms with Gasteiger partial charge in [-0.1, -0.05) is 68.8 Å². The topological polar surface area (TPSA) is 44.2 Å². The van der Waals surface area contributed by atoms with Gasteiger partial charge in [0.15, 0.2) is 0 Å². The second-order valence-electron chi connectivity index (χ2n) is 7.20. The average molecular weight is 395 g/mol. The normalized spacial score (nSPS) is 12.2. The highest BCUT2D eigenvalue weighted by Gasteiger charge is 2.02. The molecule has 1 unspecified atom stereocenters. The van der Waals surface area contributed by atoms with E-state index in [1.165, 1.54) is 24.8 Å². The highest BCUT2D eigenvalue weighted by atomic mass is 16.5. The van der Waals surface area contributed by atoms with Gasteiger partial charge < -0.3 is 9.47 Å². The van der Waals surface area contributed by atoms with Crippen molar-refractivity contribution >= 4 is 6.08 Å². The number of hydrogen-bond donors (Lipinski definition) is 0. The first-order chi connectivity index (χ1) is 14.2. The molecule has 0 saturated carbocycles. The van der Waals surface area contributed by atoms with Crippen LogP contribution in [0.3, 0.4) is 0 Å². The van der Waals surface area contributed by atoms with Crippen molar-refractivity contribution in [3.8, 4) is 17.1 Å². The van der Waals surface area contributed by atoms with Crippen molar-refractivity contribution in [1.29, 1.82) is 0 Å². The molecule has 1 aromatic carbocycles. The fraction of sp³-hybridized carbons (Fsp3) is 0.440. The van der Waals surface area contributed by atoms with Gasteiger partial charge >= 0.3 is 0 Å². The van der Waals surface area contributed by atoms with Crippen LogP contribution in [0.5, 0.6) is 5.88 Å². The van der Waals surface area contributed by atoms with Crippen LogP contribution in [0.15, 0.2) is 55.1 Å². The van der Waals surface area contributed by atoms with E-state index in [0.717, 1.165) is 37.1 Å². The zero-order chi connectivity index (χ0) is 20.7. The van der Waals surface area contributed by atoms with Crippen LogP contribution >= 0.6 is 0 Å². The zero-order valence-electron chi connectivity index (χ0n) is 17.8. The third-order valence-corrected chi connectivity index (χ3v) is 4.64. The minimum atomic E-state index is 0.356. The average Bonchev–Trinajstić information content (AvgIpc) is 2.76. The van der Waals surface area contributed by atoms with Crippen LogP contribution < -0.4 is 4.74 Å². The second kappa shape index (κ2) is 13.7. The molecule has 0 radical (unpaired) electrons. The minimum Gasteiger partial charge on any atom is -0.472 e. The highest BCUT2D eigenvalue weighted by molar-refractivity contribution is 5.62. The van der Waals surface area contributed by atoms with Gasteiger partial charge in [0.2, 0.25) is 5.88 Å². The van der Waals surface area contributed by atoms with Crippen molar-refractivity contribution in [3.63, 3.8) is 0 Å². The summed E-state index contributed by atoms with van der Waals surface area (Å²) in [6, 6.07) is 12.1. The Kier molecular flexibility index (Phi) is 10.8. The van der Waals surface area contributed by atoms with Crippen molar-refractivity contribution < 1.29 is 9.47 Å². The Morgan fingerprint density at radius 3 is 2.55 bits per heavy atom. The molecule has 4 nitrogen and oxygen atoms in total. The molecule has 1 atom stereocenters. The summed E-state index contributed by atoms with van der Waals surface area (Å²) >= 11 is 0. The Labute approximate surface area is 175 Å². The summed E-state index contributed by atoms with van der Waals surface area (Å²) in [5.41, 5.74) is 3.06. The number of aromatic nitrogens is 2. The van der Waals surface area contributed by atoms with E-state index in [4.69, 9.17) is 9.47 Å². The van der Waals surface area contributed by atoms with E-state index in [1.54, 1.807) is 6.08 Å². The van der Waals surface area contributed by atoms with Gasteiger partial charge in [0.05, 0.1) is 11.8 Å². The van der Waals surface area contributed by atoms with Crippen LogP contribution in [0.25, 0.3) is 17.3 Å². The molecular formula is C25H34N2O2. The molecule has 0 spiro atoms. The standard InChI is InChI=1S/C25H34N2O2/c1-4-6-10-20-28-21(3)11-8-7-9-12-22-13-15-23(16-14-22)24-17-18-25(27-26-24)29-19-5-2/h5,9,12-18,21H,2,4,6-8,10-11,19-20H2,1,3H3. The fourth-order valence-corrected chi connectivity index (χ4v) is 2.92. The largest absolute Gasteiger partial charge is 0.472 e. The van der Waals surface area contributed by atoms with Crippen LogP contribution in [0, 0.1) is 0 Å². The molecule has 0 fully saturated rings. The van der Waals surface area contributed by atoms with Gasteiger partial charge in [0, 0.05) is 18.2 Å². The van der Waals surface area contributed by atoms with Crippen LogP contribution in [0.4, 0.5) is 0 Å². The molecule has 0 aliphatic heterocycles. The molecule has 156 valence electrons. The van der Waals surface area contributed by atoms with E-state index in [2.05, 4.69) is 67.0 Å². The number of allylic oxidation sites excluding steroid dienone is 1. The van der Waals surface area contributed by atoms with E-state index in [0.29, 0.717) is 18.6 Å². The SMILES string of the molecule is C=CCOc1ccc(-c2ccc(C=CCCCC(C)OCCCCC)cc2)nn1. The first-order valence-electron chi connectivity index (χ1n) is 10.7. The lowest BCUT2D eigenvalue weighted by atomic mass is 10.1. The number of hydrogen-bond acceptors (Lipinski definition) is 4. The van der Waals surface area contributed by atoms with Crippen LogP contribution in [0.2, 0.25) is 0 Å². The number of nitrogens with zero attached hydrogens (tertiary/aromatic N) is 2. The van der Waals surface area contributed by atoms with E-state index in [-0.39, 0.29) is 0 Å². The second-order valence-corrected chi connectivity index (χ2v) is 7.20. The molecule has 1 heterocycles. The maximum atomic E-state index is 5.84. The lowest BCUT2D eigenvalue weighted by Crippen LogP contribution is -2.08. The lowest BCUT2D eigenvalue weighted by molar-refractivity contribution is 0.0566. The molecule has 0 saturated heterocycles. The predicted octanol–water partition coefficient (Wildman–Crippen LogP) is 6.49. The summed E-state index contributed by atoms with van der Waals surface area (Å²) in [5, 5.41) is 8.31. The first-order valence-corrected chi connectivity index (χ1v) is 10.7. The summed E-state index contributed by atoms with van der Waals surface area (Å²) in [4.78, 5) is 0. The molecule has 29 heavy (non-hydrogen) atoms. The maximum Gasteiger partial charge on any atom is 0.233 e. The van der Waals surface area contributed by atoms with Gasteiger partial charge in [-0.2, -0.15) is 0 Å². The van der Waals surface area contributed by atoms with Crippen molar-refractivity contribution in [1.82, 2.24) is 10.2 Å². The quantitative estimate of drug-likeness (QED) is 0.271. The number of unbranched alkanes of at least 4 members (excludes halogenated alkanes) is 3. The molecule has 4 heteroatoms. The zero-order valence-corrected chi connectivity index (χ0v) is 17.8. The van der Waals surface area contributed by atoms with Crippen LogP contribution in [-0.2, 0) is 4.74 Å². The predicted molar refractivity (Wildman–Crippen MR) is 121 cm³/mol. The van der Waals surface area contributed by atoms with Gasteiger partial charge in [-0.3, -0.25) is 0 Å². The molecule has 2 aromatic rings. The van der Waals surface area contributed by atoms with Crippen LogP contribution in [-0.4, -0.2) is 29.5 Å². The third-order valence-electron chi connectivity index (χ3n) is 4.64. The Bertz CT molecular complexity index is 723. The number of ether oxygens (including phenoxy) is 2. The van der Waals surface area contributed by atoms with Gasteiger partial charge in [-0.25, -0.2) is 0 Å². The minimum absolute atomic E-state index is 0.356. The molecule has 0 bridgehead atoms. The van der Waals surface area contributed by atoms with Gasteiger partial charge in [0.25, 0.3) is 0 Å². The molecular weight excluding hydrogens is 360 g/mol. The molecule has 2 rings (SSSR count). The molecule has 0 aliphatic rings. The number of benzene rings is 1. The van der Waals surface area contributed by atoms with Crippen LogP contribution in [0.1, 0.15) is 57.9 Å².